The monoisotopic (exact) mass is 1460 g/mol. The minimum atomic E-state index is -3.40. The molecular formula is C69H82N14O18P2. The maximum Gasteiger partial charge on any atom is 0.410 e. The Morgan fingerprint density at radius 1 is 0.825 bits per heavy atom. The Labute approximate surface area is 592 Å². The van der Waals surface area contributed by atoms with Crippen molar-refractivity contribution in [3.05, 3.63) is 166 Å². The lowest BCUT2D eigenvalue weighted by atomic mass is 10.0. The van der Waals surface area contributed by atoms with Gasteiger partial charge in [-0.25, -0.2) is 19.7 Å². The first-order valence-electron chi connectivity index (χ1n) is 33.7. The molecule has 12 atom stereocenters. The number of rotatable bonds is 25. The van der Waals surface area contributed by atoms with E-state index in [0.717, 1.165) is 22.4 Å². The van der Waals surface area contributed by atoms with Crippen LogP contribution >= 0.6 is 16.5 Å². The normalized spacial score (nSPS) is 22.2. The van der Waals surface area contributed by atoms with Gasteiger partial charge in [0.1, 0.15) is 49.4 Å². The number of nitrogens with zero attached hydrogens (tertiary/aromatic N) is 7. The molecule has 11 rings (SSSR count). The largest absolute Gasteiger partial charge is 0.474 e. The fraction of sp³-hybridized carbons (Fsp3) is 0.406. The fourth-order valence-corrected chi connectivity index (χ4v) is 14.3. The van der Waals surface area contributed by atoms with Crippen molar-refractivity contribution in [1.82, 2.24) is 50.3 Å². The summed E-state index contributed by atoms with van der Waals surface area (Å²) in [5.41, 5.74) is 9.47. The number of fused-ring (bicyclic) bond motifs is 6. The van der Waals surface area contributed by atoms with Gasteiger partial charge in [-0.2, -0.15) is 4.98 Å². The number of para-hydroxylation sites is 1. The highest BCUT2D eigenvalue weighted by Gasteiger charge is 2.49. The standard InChI is InChI=1S/C69H82N14O18P2/c1-40(2)57(77-54(84)20-10-11-21-56(85)82-34-44-15-5-4-13-42(44)24-25-43-14-7-9-19-51(43)82)64(89)76-50(18-12-29-72-67(70)91)63(88)75-47-26-22-41(23-27-47)35-95-69(92)81(3)33-45-16-6-8-17-49(45)62(87)79-68-78-61-58(65(90)80-68)74-39-83(61)66-60-59(86)53(99-66)37-97-102(93)100-52-32-48(98-55-28-30-71-38-73-55)31-46(52)36-96-103(94)101-60/h4-9,13-17,19,22-28,30,38-40,46,48,50,52-53,57,59-60,66-67,72,86,91,102-103H,10-12,18,20-21,29,31-37,70H2,1-3H3,(H,75,88)(H,76,89)(H,77,84)(H2,78,79,80,87,90)/b25-24-/t46-,48-,50+,52+,53-,57+,59-,60-,66-,67?/m1/s1. The van der Waals surface area contributed by atoms with Gasteiger partial charge in [0, 0.05) is 62.3 Å². The summed E-state index contributed by atoms with van der Waals surface area (Å²) in [6.45, 7) is 3.21. The second kappa shape index (κ2) is 35.2. The summed E-state index contributed by atoms with van der Waals surface area (Å²) in [6.07, 6.45) is 1.49. The van der Waals surface area contributed by atoms with Crippen molar-refractivity contribution in [2.45, 2.75) is 140 Å². The van der Waals surface area contributed by atoms with E-state index < -0.39 is 119 Å². The van der Waals surface area contributed by atoms with Crippen LogP contribution in [0.15, 0.2) is 127 Å². The number of carbonyl (C=O) groups excluding carboxylic acids is 6. The topological polar surface area (TPSA) is 424 Å². The number of aromatic amines is 1. The summed E-state index contributed by atoms with van der Waals surface area (Å²) >= 11 is 0. The number of hydrogen-bond acceptors (Lipinski definition) is 24. The zero-order chi connectivity index (χ0) is 72.7. The molecule has 7 aromatic rings. The average Bonchev–Trinajstić information content (AvgIpc) is 1.56. The summed E-state index contributed by atoms with van der Waals surface area (Å²) in [7, 11) is -5.14. The second-order valence-corrected chi connectivity index (χ2v) is 27.6. The molecule has 4 aliphatic rings. The number of imidazole rings is 1. The van der Waals surface area contributed by atoms with Crippen LogP contribution in [0.25, 0.3) is 23.3 Å². The van der Waals surface area contributed by atoms with Crippen LogP contribution in [0.4, 0.5) is 22.1 Å². The first-order chi connectivity index (χ1) is 49.7. The fourth-order valence-electron chi connectivity index (χ4n) is 12.5. The lowest BCUT2D eigenvalue weighted by molar-refractivity contribution is -0.132. The van der Waals surface area contributed by atoms with Gasteiger partial charge in [-0.1, -0.05) is 98.8 Å². The van der Waals surface area contributed by atoms with Gasteiger partial charge in [0.25, 0.3) is 11.5 Å². The molecule has 1 saturated carbocycles. The minimum Gasteiger partial charge on any atom is -0.474 e. The number of aliphatic hydroxyl groups excluding tert-OH is 2. The highest BCUT2D eigenvalue weighted by atomic mass is 31.1. The number of anilines is 3. The van der Waals surface area contributed by atoms with E-state index in [0.29, 0.717) is 61.3 Å². The number of nitrogens with one attached hydrogen (secondary N) is 6. The van der Waals surface area contributed by atoms with Gasteiger partial charge < -0.3 is 63.7 Å². The number of nitrogens with two attached hydrogens (primary N) is 1. The summed E-state index contributed by atoms with van der Waals surface area (Å²) in [5.74, 6) is -3.20. The van der Waals surface area contributed by atoms with Crippen LogP contribution < -0.4 is 47.5 Å². The number of benzene rings is 4. The number of aliphatic hydroxyl groups is 2. The van der Waals surface area contributed by atoms with Crippen molar-refractivity contribution in [2.24, 2.45) is 17.6 Å². The van der Waals surface area contributed by atoms with E-state index >= 15 is 0 Å². The third-order valence-corrected chi connectivity index (χ3v) is 19.6. The predicted molar refractivity (Wildman–Crippen MR) is 376 cm³/mol. The molecule has 0 radical (unpaired) electrons. The zero-order valence-electron chi connectivity index (χ0n) is 56.6. The van der Waals surface area contributed by atoms with Crippen LogP contribution in [0.2, 0.25) is 0 Å². The molecule has 10 N–H and O–H groups in total. The molecule has 103 heavy (non-hydrogen) atoms. The molecular weight excluding hydrogens is 1370 g/mol. The van der Waals surface area contributed by atoms with Crippen molar-refractivity contribution in [3.63, 3.8) is 0 Å². The zero-order valence-corrected chi connectivity index (χ0v) is 58.6. The molecule has 3 fully saturated rings. The Morgan fingerprint density at radius 2 is 1.56 bits per heavy atom. The number of amides is 6. The van der Waals surface area contributed by atoms with Gasteiger partial charge in [0.05, 0.1) is 37.9 Å². The van der Waals surface area contributed by atoms with Crippen LogP contribution in [0.5, 0.6) is 5.88 Å². The average molecular weight is 1460 g/mol. The van der Waals surface area contributed by atoms with Crippen molar-refractivity contribution in [2.75, 3.05) is 42.3 Å². The Kier molecular flexibility index (Phi) is 25.5. The number of unbranched alkanes of at least 4 members (excludes halogenated alkanes) is 1. The molecule has 3 aliphatic heterocycles. The lowest BCUT2D eigenvalue weighted by Crippen LogP contribution is -2.54. The molecule has 3 unspecified atom stereocenters. The van der Waals surface area contributed by atoms with E-state index in [2.05, 4.69) is 51.5 Å². The lowest BCUT2D eigenvalue weighted by Gasteiger charge is -2.27. The van der Waals surface area contributed by atoms with E-state index in [-0.39, 0.29) is 80.1 Å². The highest BCUT2D eigenvalue weighted by Crippen LogP contribution is 2.45. The van der Waals surface area contributed by atoms with E-state index in [4.69, 9.17) is 38.0 Å². The number of aromatic nitrogens is 6. The van der Waals surface area contributed by atoms with Gasteiger partial charge in [-0.3, -0.25) is 68.3 Å². The smallest absolute Gasteiger partial charge is 0.410 e. The van der Waals surface area contributed by atoms with Crippen LogP contribution in [0.3, 0.4) is 0 Å². The summed E-state index contributed by atoms with van der Waals surface area (Å²) in [4.78, 5) is 118. The molecule has 546 valence electrons. The highest BCUT2D eigenvalue weighted by molar-refractivity contribution is 7.33. The van der Waals surface area contributed by atoms with Crippen molar-refractivity contribution >= 4 is 92.8 Å². The van der Waals surface area contributed by atoms with Crippen LogP contribution in [0.1, 0.15) is 110 Å². The summed E-state index contributed by atoms with van der Waals surface area (Å²) < 4.78 is 68.7. The van der Waals surface area contributed by atoms with E-state index in [1.54, 1.807) is 67.3 Å². The van der Waals surface area contributed by atoms with Gasteiger partial charge in [-0.15, -0.1) is 0 Å². The SMILES string of the molecule is CC(C)[C@H](NC(=O)CCCCC(=O)N1Cc2ccccc2/C=C\c2ccccc21)C(=O)N[C@@H](CCCNC(N)O)C(=O)Nc1ccc(COC(=O)N(C)Cc2ccccc2C(=O)Nc2nc3c(ncn3[C@@H]3O[C@@H]4CO[PH](=O)O[C@H]5C[C@H](Oc6ccncn6)C[C@@H]5CO[PH](=O)O[C@@H]3[C@@H]4O)c(=O)[nH]2)cc1. The van der Waals surface area contributed by atoms with E-state index in [9.17, 15) is 52.9 Å². The number of carbonyl (C=O) groups is 6. The number of hydrogen-bond donors (Lipinski definition) is 9. The number of H-pyrrole nitrogens is 1. The first-order valence-corrected chi connectivity index (χ1v) is 36.2. The molecule has 32 nitrogen and oxygen atoms in total. The molecule has 6 heterocycles. The summed E-state index contributed by atoms with van der Waals surface area (Å²) in [5, 5.41) is 34.8. The minimum absolute atomic E-state index is 0.0547. The molecule has 0 spiro atoms. The van der Waals surface area contributed by atoms with Crippen LogP contribution in [-0.2, 0) is 75.6 Å². The van der Waals surface area contributed by atoms with Crippen LogP contribution in [-0.4, -0.2) is 156 Å². The molecule has 1 aliphatic carbocycles. The number of ether oxygens (including phenoxy) is 3. The Hall–Kier alpha value is -9.43. The molecule has 2 bridgehead atoms. The maximum absolute atomic E-state index is 14.1. The second-order valence-electron chi connectivity index (χ2n) is 25.6. The molecule has 3 aromatic heterocycles. The maximum atomic E-state index is 14.1. The summed E-state index contributed by atoms with van der Waals surface area (Å²) in [6, 6.07) is 27.9. The molecule has 4 aromatic carbocycles. The van der Waals surface area contributed by atoms with E-state index in [1.807, 2.05) is 60.7 Å². The van der Waals surface area contributed by atoms with E-state index in [1.165, 1.54) is 41.4 Å². The van der Waals surface area contributed by atoms with Crippen molar-refractivity contribution in [3.8, 4) is 5.88 Å². The third kappa shape index (κ3) is 19.7. The van der Waals surface area contributed by atoms with Gasteiger partial charge in [0.15, 0.2) is 23.7 Å². The quantitative estimate of drug-likeness (QED) is 0.0177. The van der Waals surface area contributed by atoms with Crippen molar-refractivity contribution < 1.29 is 80.4 Å². The predicted octanol–water partition coefficient (Wildman–Crippen LogP) is 6.09. The molecule has 6 amide bonds. The van der Waals surface area contributed by atoms with Gasteiger partial charge in [-0.05, 0) is 96.6 Å². The Bertz CT molecular complexity index is 4300. The van der Waals surface area contributed by atoms with Crippen molar-refractivity contribution in [1.29, 1.82) is 0 Å². The Balaban J connectivity index is 0.659. The third-order valence-electron chi connectivity index (χ3n) is 17.8. The Morgan fingerprint density at radius 3 is 2.35 bits per heavy atom. The van der Waals surface area contributed by atoms with Gasteiger partial charge >= 0.3 is 22.6 Å². The van der Waals surface area contributed by atoms with Crippen LogP contribution in [0, 0.1) is 11.8 Å². The first kappa shape index (κ1) is 74.7. The van der Waals surface area contributed by atoms with Gasteiger partial charge in [0.2, 0.25) is 35.5 Å². The molecule has 34 heteroatoms. The molecule has 2 saturated heterocycles.